The van der Waals surface area contributed by atoms with E-state index in [1.165, 1.54) is 12.8 Å². The smallest absolute Gasteiger partial charge is 0.319 e. The number of benzene rings is 2. The fourth-order valence-corrected chi connectivity index (χ4v) is 4.81. The Balaban J connectivity index is 1.35. The van der Waals surface area contributed by atoms with Crippen LogP contribution in [0.2, 0.25) is 0 Å². The molecule has 1 saturated carbocycles. The fourth-order valence-electron chi connectivity index (χ4n) is 4.81. The molecule has 2 fully saturated rings. The first kappa shape index (κ1) is 25.2. The van der Waals surface area contributed by atoms with Crippen LogP contribution in [0.25, 0.3) is 10.9 Å². The zero-order valence-corrected chi connectivity index (χ0v) is 21.4. The molecule has 3 aromatic rings. The van der Waals surface area contributed by atoms with Gasteiger partial charge in [-0.05, 0) is 56.4 Å². The van der Waals surface area contributed by atoms with E-state index >= 15 is 0 Å². The van der Waals surface area contributed by atoms with Crippen molar-refractivity contribution in [3.8, 4) is 6.01 Å². The van der Waals surface area contributed by atoms with Gasteiger partial charge < -0.3 is 20.1 Å². The molecule has 2 heterocycles. The number of ether oxygens (including phenoxy) is 2. The van der Waals surface area contributed by atoms with Crippen molar-refractivity contribution in [2.24, 2.45) is 0 Å². The van der Waals surface area contributed by atoms with E-state index in [0.29, 0.717) is 17.5 Å². The molecular formula is C29H35N5O3. The highest BCUT2D eigenvalue weighted by Gasteiger charge is 2.20. The Kier molecular flexibility index (Phi) is 8.28. The summed E-state index contributed by atoms with van der Waals surface area (Å²) in [5.74, 6) is 0.523. The van der Waals surface area contributed by atoms with Crippen LogP contribution in [0, 0.1) is 0 Å². The maximum absolute atomic E-state index is 12.6. The predicted molar refractivity (Wildman–Crippen MR) is 146 cm³/mol. The first-order chi connectivity index (χ1) is 18.1. The Hall–Kier alpha value is -3.49. The molecular weight excluding hydrogens is 466 g/mol. The Morgan fingerprint density at radius 1 is 1.14 bits per heavy atom. The van der Waals surface area contributed by atoms with E-state index in [0.717, 1.165) is 62.2 Å². The average Bonchev–Trinajstić information content (AvgIpc) is 3.43. The van der Waals surface area contributed by atoms with Crippen molar-refractivity contribution < 1.29 is 14.3 Å². The number of carbonyl (C=O) groups excluding carboxylic acids is 1. The summed E-state index contributed by atoms with van der Waals surface area (Å²) in [7, 11) is 0. The minimum Gasteiger partial charge on any atom is -0.460 e. The summed E-state index contributed by atoms with van der Waals surface area (Å²) < 4.78 is 11.5. The van der Waals surface area contributed by atoms with Gasteiger partial charge in [-0.1, -0.05) is 36.4 Å². The quantitative estimate of drug-likeness (QED) is 0.401. The second-order valence-electron chi connectivity index (χ2n) is 9.69. The van der Waals surface area contributed by atoms with Gasteiger partial charge in [-0.2, -0.15) is 9.97 Å². The molecule has 2 aromatic carbocycles. The summed E-state index contributed by atoms with van der Waals surface area (Å²) in [6.45, 7) is 6.10. The summed E-state index contributed by atoms with van der Waals surface area (Å²) in [6, 6.07) is 16.4. The lowest BCUT2D eigenvalue weighted by Gasteiger charge is -2.25. The summed E-state index contributed by atoms with van der Waals surface area (Å²) in [4.78, 5) is 24.3. The van der Waals surface area contributed by atoms with Gasteiger partial charge in [0.2, 0.25) is 5.91 Å². The van der Waals surface area contributed by atoms with E-state index in [9.17, 15) is 4.79 Å². The minimum atomic E-state index is -0.165. The third-order valence-electron chi connectivity index (χ3n) is 6.91. The highest BCUT2D eigenvalue weighted by Crippen LogP contribution is 2.30. The number of nitrogens with zero attached hydrogens (tertiary/aromatic N) is 3. The number of morpholine rings is 1. The number of fused-ring (bicyclic) bond motifs is 1. The van der Waals surface area contributed by atoms with Crippen LogP contribution in [-0.4, -0.2) is 59.7 Å². The number of hydrogen-bond donors (Lipinski definition) is 2. The van der Waals surface area contributed by atoms with Crippen molar-refractivity contribution >= 4 is 28.3 Å². The number of anilines is 2. The second kappa shape index (κ2) is 12.2. The lowest BCUT2D eigenvalue weighted by atomic mass is 10.1. The molecule has 37 heavy (non-hydrogen) atoms. The van der Waals surface area contributed by atoms with Gasteiger partial charge in [0.1, 0.15) is 11.9 Å². The van der Waals surface area contributed by atoms with Crippen molar-refractivity contribution in [2.45, 2.75) is 44.8 Å². The number of amides is 1. The van der Waals surface area contributed by atoms with Crippen molar-refractivity contribution in [1.29, 1.82) is 0 Å². The molecule has 194 valence electrons. The van der Waals surface area contributed by atoms with Crippen LogP contribution in [0.15, 0.2) is 60.7 Å². The summed E-state index contributed by atoms with van der Waals surface area (Å²) in [5, 5.41) is 7.35. The summed E-state index contributed by atoms with van der Waals surface area (Å²) >= 11 is 0. The lowest BCUT2D eigenvalue weighted by Crippen LogP contribution is -2.36. The van der Waals surface area contributed by atoms with Crippen LogP contribution in [0.5, 0.6) is 6.01 Å². The molecule has 1 atom stereocenters. The highest BCUT2D eigenvalue weighted by molar-refractivity contribution is 6.01. The second-order valence-corrected chi connectivity index (χ2v) is 9.69. The van der Waals surface area contributed by atoms with Gasteiger partial charge in [-0.25, -0.2) is 0 Å². The lowest BCUT2D eigenvalue weighted by molar-refractivity contribution is -0.111. The molecule has 0 radical (unpaired) electrons. The Bertz CT molecular complexity index is 1220. The molecule has 8 nitrogen and oxygen atoms in total. The van der Waals surface area contributed by atoms with Gasteiger partial charge in [-0.3, -0.25) is 9.69 Å². The zero-order chi connectivity index (χ0) is 25.5. The first-order valence-electron chi connectivity index (χ1n) is 13.2. The molecule has 1 saturated heterocycles. The van der Waals surface area contributed by atoms with E-state index < -0.39 is 0 Å². The molecule has 1 aliphatic heterocycles. The number of rotatable bonds is 9. The predicted octanol–water partition coefficient (Wildman–Crippen LogP) is 4.95. The molecule has 0 bridgehead atoms. The maximum Gasteiger partial charge on any atom is 0.319 e. The van der Waals surface area contributed by atoms with Crippen molar-refractivity contribution in [2.75, 3.05) is 43.5 Å². The number of nitrogens with one attached hydrogen (secondary N) is 2. The van der Waals surface area contributed by atoms with Crippen molar-refractivity contribution in [3.63, 3.8) is 0 Å². The van der Waals surface area contributed by atoms with Gasteiger partial charge in [-0.15, -0.1) is 0 Å². The third-order valence-corrected chi connectivity index (χ3v) is 6.91. The highest BCUT2D eigenvalue weighted by atomic mass is 16.5. The van der Waals surface area contributed by atoms with E-state index in [4.69, 9.17) is 14.5 Å². The molecule has 1 aromatic heterocycles. The molecule has 0 spiro atoms. The first-order valence-corrected chi connectivity index (χ1v) is 13.2. The Labute approximate surface area is 218 Å². The molecule has 2 N–H and O–H groups in total. The van der Waals surface area contributed by atoms with Gasteiger partial charge >= 0.3 is 6.01 Å². The monoisotopic (exact) mass is 501 g/mol. The standard InChI is InChI=1S/C29H35N5O3/c1-21(22-8-3-2-4-9-22)30-28-25-20-23(31-27(35)12-7-15-34-16-18-36-19-17-34)13-14-26(25)32-29(33-28)37-24-10-5-6-11-24/h2-4,7-9,12-14,20-21,24H,5-6,10-11,15-19H2,1H3,(H,31,35)(H,30,32,33)/t21-/m1/s1. The normalized spacial score (nSPS) is 17.8. The average molecular weight is 502 g/mol. The van der Waals surface area contributed by atoms with E-state index in [1.54, 1.807) is 6.08 Å². The SMILES string of the molecule is C[C@@H](Nc1nc(OC2CCCC2)nc2ccc(NC(=O)C=CCN3CCOCC3)cc12)c1ccccc1. The molecule has 5 rings (SSSR count). The molecule has 2 aliphatic rings. The van der Waals surface area contributed by atoms with Crippen LogP contribution in [0.3, 0.4) is 0 Å². The summed E-state index contributed by atoms with van der Waals surface area (Å²) in [6.07, 6.45) is 8.08. The van der Waals surface area contributed by atoms with Crippen molar-refractivity contribution in [1.82, 2.24) is 14.9 Å². The molecule has 8 heteroatoms. The van der Waals surface area contributed by atoms with Crippen LogP contribution in [-0.2, 0) is 9.53 Å². The van der Waals surface area contributed by atoms with Gasteiger partial charge in [0, 0.05) is 42.8 Å². The number of hydrogen-bond acceptors (Lipinski definition) is 7. The van der Waals surface area contributed by atoms with Crippen LogP contribution >= 0.6 is 0 Å². The fraction of sp³-hybridized carbons (Fsp3) is 0.414. The third kappa shape index (κ3) is 6.84. The minimum absolute atomic E-state index is 0.0278. The molecule has 1 aliphatic carbocycles. The van der Waals surface area contributed by atoms with E-state index in [1.807, 2.05) is 42.5 Å². The Morgan fingerprint density at radius 2 is 1.92 bits per heavy atom. The van der Waals surface area contributed by atoms with Gasteiger partial charge in [0.05, 0.1) is 18.7 Å². The maximum atomic E-state index is 12.6. The van der Waals surface area contributed by atoms with E-state index in [2.05, 4.69) is 39.6 Å². The van der Waals surface area contributed by atoms with Crippen LogP contribution in [0.1, 0.15) is 44.2 Å². The zero-order valence-electron chi connectivity index (χ0n) is 21.4. The molecule has 0 unspecified atom stereocenters. The van der Waals surface area contributed by atoms with Gasteiger partial charge in [0.15, 0.2) is 0 Å². The van der Waals surface area contributed by atoms with Gasteiger partial charge in [0.25, 0.3) is 0 Å². The van der Waals surface area contributed by atoms with Crippen LogP contribution in [0.4, 0.5) is 11.5 Å². The number of aromatic nitrogens is 2. The van der Waals surface area contributed by atoms with Crippen molar-refractivity contribution in [3.05, 3.63) is 66.2 Å². The topological polar surface area (TPSA) is 88.6 Å². The van der Waals surface area contributed by atoms with Crippen LogP contribution < -0.4 is 15.4 Å². The Morgan fingerprint density at radius 3 is 2.70 bits per heavy atom. The largest absolute Gasteiger partial charge is 0.460 e. The molecule has 1 amide bonds. The number of carbonyl (C=O) groups is 1. The summed E-state index contributed by atoms with van der Waals surface area (Å²) in [5.41, 5.74) is 2.62. The van der Waals surface area contributed by atoms with E-state index in [-0.39, 0.29) is 18.1 Å².